The van der Waals surface area contributed by atoms with Crippen molar-refractivity contribution in [3.05, 3.63) is 0 Å². The quantitative estimate of drug-likeness (QED) is 0.663. The van der Waals surface area contributed by atoms with Crippen molar-refractivity contribution in [1.29, 1.82) is 0 Å². The summed E-state index contributed by atoms with van der Waals surface area (Å²) in [6.07, 6.45) is 0. The molecular formula is C4H10ClO3P. The van der Waals surface area contributed by atoms with Crippen LogP contribution in [0.1, 0.15) is 13.8 Å². The van der Waals surface area contributed by atoms with Gasteiger partial charge in [0.15, 0.2) is 0 Å². The van der Waals surface area contributed by atoms with E-state index in [2.05, 4.69) is 4.52 Å². The van der Waals surface area contributed by atoms with Crippen LogP contribution < -0.4 is 0 Å². The first-order valence-corrected chi connectivity index (χ1v) is 5.07. The SMILES string of the molecule is CC(C)COP(=O)(O)Cl. The minimum Gasteiger partial charge on any atom is -0.313 e. The molecule has 0 aliphatic carbocycles. The predicted molar refractivity (Wildman–Crippen MR) is 36.5 cm³/mol. The van der Waals surface area contributed by atoms with Crippen LogP contribution >= 0.6 is 18.2 Å². The van der Waals surface area contributed by atoms with Crippen LogP contribution in [0.15, 0.2) is 0 Å². The Hall–Kier alpha value is 0.440. The predicted octanol–water partition coefficient (Wildman–Crippen LogP) is 2.00. The molecule has 0 rings (SSSR count). The van der Waals surface area contributed by atoms with Gasteiger partial charge < -0.3 is 4.89 Å². The maximum absolute atomic E-state index is 10.2. The third-order valence-corrected chi connectivity index (χ3v) is 1.33. The topological polar surface area (TPSA) is 46.5 Å². The van der Waals surface area contributed by atoms with Gasteiger partial charge in [-0.25, -0.2) is 4.57 Å². The van der Waals surface area contributed by atoms with Crippen molar-refractivity contribution in [1.82, 2.24) is 0 Å². The molecule has 5 heteroatoms. The van der Waals surface area contributed by atoms with Gasteiger partial charge in [0.05, 0.1) is 6.61 Å². The van der Waals surface area contributed by atoms with Crippen LogP contribution in [0, 0.1) is 5.92 Å². The fourth-order valence-electron chi connectivity index (χ4n) is 0.241. The lowest BCUT2D eigenvalue weighted by molar-refractivity contribution is 0.241. The zero-order chi connectivity index (χ0) is 7.49. The van der Waals surface area contributed by atoms with Gasteiger partial charge in [0.2, 0.25) is 0 Å². The normalized spacial score (nSPS) is 17.9. The van der Waals surface area contributed by atoms with Gasteiger partial charge >= 0.3 is 6.95 Å². The molecule has 56 valence electrons. The molecule has 3 nitrogen and oxygen atoms in total. The van der Waals surface area contributed by atoms with E-state index in [1.807, 2.05) is 13.8 Å². The lowest BCUT2D eigenvalue weighted by atomic mass is 10.2. The lowest BCUT2D eigenvalue weighted by Gasteiger charge is -2.05. The Bertz CT molecular complexity index is 119. The Morgan fingerprint density at radius 1 is 1.78 bits per heavy atom. The summed E-state index contributed by atoms with van der Waals surface area (Å²) in [6.45, 7) is 0.207. The molecule has 0 radical (unpaired) electrons. The van der Waals surface area contributed by atoms with E-state index in [0.717, 1.165) is 0 Å². The zero-order valence-corrected chi connectivity index (χ0v) is 7.02. The van der Waals surface area contributed by atoms with Crippen LogP contribution in [0.2, 0.25) is 0 Å². The van der Waals surface area contributed by atoms with Crippen LogP contribution in [-0.2, 0) is 9.09 Å². The van der Waals surface area contributed by atoms with Gasteiger partial charge in [-0.3, -0.25) is 4.52 Å². The Balaban J connectivity index is 3.40. The van der Waals surface area contributed by atoms with Gasteiger partial charge in [0.25, 0.3) is 0 Å². The van der Waals surface area contributed by atoms with Gasteiger partial charge in [-0.15, -0.1) is 0 Å². The monoisotopic (exact) mass is 172 g/mol. The summed E-state index contributed by atoms with van der Waals surface area (Å²) in [5, 5.41) is 0. The molecule has 1 N–H and O–H groups in total. The third-order valence-electron chi connectivity index (χ3n) is 0.567. The van der Waals surface area contributed by atoms with Crippen molar-refractivity contribution in [2.75, 3.05) is 6.61 Å². The summed E-state index contributed by atoms with van der Waals surface area (Å²) in [5.74, 6) is 0.226. The van der Waals surface area contributed by atoms with E-state index < -0.39 is 6.95 Å². The van der Waals surface area contributed by atoms with Crippen molar-refractivity contribution >= 4 is 18.2 Å². The van der Waals surface area contributed by atoms with E-state index in [1.54, 1.807) is 0 Å². The van der Waals surface area contributed by atoms with Crippen LogP contribution in [0.25, 0.3) is 0 Å². The van der Waals surface area contributed by atoms with Crippen LogP contribution in [0.4, 0.5) is 0 Å². The first-order chi connectivity index (χ1) is 3.92. The minimum absolute atomic E-state index is 0.220. The van der Waals surface area contributed by atoms with E-state index in [-0.39, 0.29) is 12.5 Å². The third kappa shape index (κ3) is 8.44. The molecule has 0 saturated heterocycles. The number of hydrogen-bond acceptors (Lipinski definition) is 2. The Kier molecular flexibility index (Phi) is 3.74. The van der Waals surface area contributed by atoms with E-state index >= 15 is 0 Å². The van der Waals surface area contributed by atoms with Crippen molar-refractivity contribution in [2.24, 2.45) is 5.92 Å². The molecule has 1 unspecified atom stereocenters. The van der Waals surface area contributed by atoms with Crippen molar-refractivity contribution < 1.29 is 14.0 Å². The van der Waals surface area contributed by atoms with Gasteiger partial charge in [-0.1, -0.05) is 13.8 Å². The van der Waals surface area contributed by atoms with Crippen LogP contribution in [0.3, 0.4) is 0 Å². The molecule has 0 aromatic heterocycles. The first kappa shape index (κ1) is 9.44. The summed E-state index contributed by atoms with van der Waals surface area (Å²) in [7, 11) is 0. The zero-order valence-electron chi connectivity index (χ0n) is 5.37. The number of halogens is 1. The highest BCUT2D eigenvalue weighted by Gasteiger charge is 2.13. The maximum Gasteiger partial charge on any atom is 0.421 e. The summed E-state index contributed by atoms with van der Waals surface area (Å²) < 4.78 is 14.6. The molecule has 0 amide bonds. The Morgan fingerprint density at radius 3 is 2.33 bits per heavy atom. The molecule has 0 aromatic rings. The molecule has 1 atom stereocenters. The van der Waals surface area contributed by atoms with Crippen molar-refractivity contribution in [3.8, 4) is 0 Å². The number of rotatable bonds is 3. The van der Waals surface area contributed by atoms with Gasteiger partial charge in [-0.2, -0.15) is 0 Å². The highest BCUT2D eigenvalue weighted by atomic mass is 35.7. The molecule has 0 aliphatic rings. The molecule has 0 fully saturated rings. The van der Waals surface area contributed by atoms with E-state index in [1.165, 1.54) is 0 Å². The van der Waals surface area contributed by atoms with Crippen molar-refractivity contribution in [3.63, 3.8) is 0 Å². The second-order valence-corrected chi connectivity index (χ2v) is 4.58. The molecular weight excluding hydrogens is 162 g/mol. The molecule has 0 bridgehead atoms. The van der Waals surface area contributed by atoms with Crippen LogP contribution in [-0.4, -0.2) is 11.5 Å². The molecule has 0 spiro atoms. The van der Waals surface area contributed by atoms with Gasteiger partial charge in [-0.05, 0) is 5.92 Å². The molecule has 0 saturated carbocycles. The lowest BCUT2D eigenvalue weighted by Crippen LogP contribution is -1.97. The summed E-state index contributed by atoms with van der Waals surface area (Å²) in [5.41, 5.74) is 0. The molecule has 0 aromatic carbocycles. The highest BCUT2D eigenvalue weighted by Crippen LogP contribution is 2.47. The molecule has 0 heterocycles. The highest BCUT2D eigenvalue weighted by molar-refractivity contribution is 7.80. The standard InChI is InChI=1S/C4H10ClO3P/c1-4(2)3-8-9(5,6)7/h4H,3H2,1-2H3,(H,6,7). The van der Waals surface area contributed by atoms with Crippen LogP contribution in [0.5, 0.6) is 0 Å². The number of hydrogen-bond donors (Lipinski definition) is 1. The van der Waals surface area contributed by atoms with Gasteiger partial charge in [0.1, 0.15) is 0 Å². The maximum atomic E-state index is 10.2. The fourth-order valence-corrected chi connectivity index (χ4v) is 0.892. The smallest absolute Gasteiger partial charge is 0.313 e. The fraction of sp³-hybridized carbons (Fsp3) is 1.00. The van der Waals surface area contributed by atoms with Gasteiger partial charge in [0, 0.05) is 11.2 Å². The summed E-state index contributed by atoms with van der Waals surface area (Å²) in [6, 6.07) is 0. The average Bonchev–Trinajstić information content (AvgIpc) is 1.59. The molecule has 9 heavy (non-hydrogen) atoms. The largest absolute Gasteiger partial charge is 0.421 e. The second kappa shape index (κ2) is 3.57. The summed E-state index contributed by atoms with van der Waals surface area (Å²) in [4.78, 5) is 8.37. The Morgan fingerprint density at radius 2 is 2.22 bits per heavy atom. The minimum atomic E-state index is -3.75. The molecule has 0 aliphatic heterocycles. The summed E-state index contributed by atoms with van der Waals surface area (Å²) >= 11 is 4.87. The Labute approximate surface area is 59.3 Å². The van der Waals surface area contributed by atoms with E-state index in [0.29, 0.717) is 0 Å². The average molecular weight is 173 g/mol. The van der Waals surface area contributed by atoms with Crippen molar-refractivity contribution in [2.45, 2.75) is 13.8 Å². The van der Waals surface area contributed by atoms with E-state index in [4.69, 9.17) is 16.1 Å². The van der Waals surface area contributed by atoms with E-state index in [9.17, 15) is 4.57 Å². The second-order valence-electron chi connectivity index (χ2n) is 2.14. The first-order valence-electron chi connectivity index (χ1n) is 2.59.